The van der Waals surface area contributed by atoms with Crippen LogP contribution < -0.4 is 5.73 Å². The first kappa shape index (κ1) is 22.5. The van der Waals surface area contributed by atoms with Gasteiger partial charge in [-0.3, -0.25) is 4.68 Å². The molecule has 3 N–H and O–H groups in total. The van der Waals surface area contributed by atoms with E-state index in [1.54, 1.807) is 7.05 Å². The molecule has 0 amide bonds. The van der Waals surface area contributed by atoms with Crippen molar-refractivity contribution in [1.82, 2.24) is 19.6 Å². The Labute approximate surface area is 148 Å². The molecule has 0 aliphatic rings. The van der Waals surface area contributed by atoms with Crippen molar-refractivity contribution in [3.8, 4) is 0 Å². The number of hydrogen-bond acceptors (Lipinski definition) is 10. The number of nitrogens with zero attached hydrogens (tertiary/aromatic N) is 5. The van der Waals surface area contributed by atoms with E-state index in [9.17, 15) is 19.7 Å². The van der Waals surface area contributed by atoms with Gasteiger partial charge >= 0.3 is 17.8 Å². The zero-order valence-electron chi connectivity index (χ0n) is 14.9. The van der Waals surface area contributed by atoms with Crippen LogP contribution >= 0.6 is 0 Å². The largest absolute Gasteiger partial charge is 0.464 e. The fourth-order valence-electron chi connectivity index (χ4n) is 1.52. The van der Waals surface area contributed by atoms with Gasteiger partial charge in [0.25, 0.3) is 0 Å². The molecule has 0 bridgehead atoms. The van der Waals surface area contributed by atoms with Crippen LogP contribution in [0.5, 0.6) is 0 Å². The number of aliphatic hydroxyl groups excluding tert-OH is 1. The minimum Gasteiger partial charge on any atom is -0.464 e. The lowest BCUT2D eigenvalue weighted by atomic mass is 10.4. The number of hydrogen-bond donors (Lipinski definition) is 2. The van der Waals surface area contributed by atoms with Crippen LogP contribution in [-0.4, -0.2) is 62.9 Å². The summed E-state index contributed by atoms with van der Waals surface area (Å²) in [5, 5.41) is 24.7. The lowest BCUT2D eigenvalue weighted by Crippen LogP contribution is -2.03. The summed E-state index contributed by atoms with van der Waals surface area (Å²) in [5.74, 6) is -0.980. The van der Waals surface area contributed by atoms with Crippen LogP contribution in [0.3, 0.4) is 0 Å². The number of aryl methyl sites for hydroxylation is 2. The standard InChI is InChI=1S/C6H7N3O4.C6H9N3O2.CH4O/c1-8-5(9(11)12)3-4(7-8)6(10)13-2;1-9-5(7)3-4(8-9)6(10)11-2;1-2/h3H,1-2H3;3H,7H2,1-2H3;2H,1H3. The third-order valence-corrected chi connectivity index (χ3v) is 2.75. The van der Waals surface area contributed by atoms with E-state index in [0.29, 0.717) is 5.82 Å². The summed E-state index contributed by atoms with van der Waals surface area (Å²) in [6.45, 7) is 0. The first-order valence-electron chi connectivity index (χ1n) is 6.80. The number of esters is 2. The van der Waals surface area contributed by atoms with Crippen molar-refractivity contribution in [3.63, 3.8) is 0 Å². The second-order valence-corrected chi connectivity index (χ2v) is 4.33. The van der Waals surface area contributed by atoms with E-state index >= 15 is 0 Å². The summed E-state index contributed by atoms with van der Waals surface area (Å²) >= 11 is 0. The van der Waals surface area contributed by atoms with Crippen molar-refractivity contribution in [2.45, 2.75) is 0 Å². The van der Waals surface area contributed by atoms with Crippen molar-refractivity contribution >= 4 is 23.6 Å². The molecule has 0 saturated carbocycles. The van der Waals surface area contributed by atoms with E-state index in [2.05, 4.69) is 19.7 Å². The molecule has 0 atom stereocenters. The number of carbonyl (C=O) groups excluding carboxylic acids is 2. The minimum atomic E-state index is -0.691. The zero-order chi connectivity index (χ0) is 20.4. The van der Waals surface area contributed by atoms with Gasteiger partial charge in [-0.1, -0.05) is 5.10 Å². The van der Waals surface area contributed by atoms with E-state index in [0.717, 1.165) is 17.9 Å². The smallest absolute Gasteiger partial charge is 0.360 e. The van der Waals surface area contributed by atoms with Gasteiger partial charge in [0.15, 0.2) is 11.4 Å². The molecule has 26 heavy (non-hydrogen) atoms. The summed E-state index contributed by atoms with van der Waals surface area (Å²) in [6.07, 6.45) is 0. The molecule has 0 fully saturated rings. The Bertz CT molecular complexity index is 748. The normalized spacial score (nSPS) is 9.15. The van der Waals surface area contributed by atoms with E-state index in [-0.39, 0.29) is 17.2 Å². The van der Waals surface area contributed by atoms with E-state index in [1.807, 2.05) is 0 Å². The van der Waals surface area contributed by atoms with Gasteiger partial charge in [-0.25, -0.2) is 9.59 Å². The molecule has 13 heteroatoms. The second kappa shape index (κ2) is 10.4. The van der Waals surface area contributed by atoms with Crippen molar-refractivity contribution in [2.75, 3.05) is 27.1 Å². The summed E-state index contributed by atoms with van der Waals surface area (Å²) in [5.41, 5.74) is 5.58. The molecule has 0 aliphatic heterocycles. The van der Waals surface area contributed by atoms with Gasteiger partial charge in [-0.2, -0.15) is 5.10 Å². The van der Waals surface area contributed by atoms with Crippen LogP contribution in [0.25, 0.3) is 0 Å². The number of anilines is 1. The number of aliphatic hydroxyl groups is 1. The Morgan fingerprint density at radius 1 is 1.08 bits per heavy atom. The molecular formula is C13H20N6O7. The maximum absolute atomic E-state index is 10.9. The van der Waals surface area contributed by atoms with Crippen LogP contribution in [0, 0.1) is 10.1 Å². The quantitative estimate of drug-likeness (QED) is 0.406. The zero-order valence-corrected chi connectivity index (χ0v) is 14.9. The van der Waals surface area contributed by atoms with Gasteiger partial charge in [-0.05, 0) is 4.92 Å². The number of rotatable bonds is 3. The van der Waals surface area contributed by atoms with Crippen molar-refractivity contribution in [1.29, 1.82) is 0 Å². The molecule has 2 heterocycles. The van der Waals surface area contributed by atoms with Crippen molar-refractivity contribution in [3.05, 3.63) is 33.6 Å². The molecule has 0 aliphatic carbocycles. The highest BCUT2D eigenvalue weighted by Gasteiger charge is 2.20. The topological polar surface area (TPSA) is 178 Å². The maximum Gasteiger partial charge on any atom is 0.360 e. The second-order valence-electron chi connectivity index (χ2n) is 4.33. The number of carbonyl (C=O) groups is 2. The van der Waals surface area contributed by atoms with Crippen molar-refractivity contribution < 1.29 is 29.1 Å². The van der Waals surface area contributed by atoms with Crippen LogP contribution in [0.15, 0.2) is 12.1 Å². The first-order chi connectivity index (χ1) is 12.2. The molecule has 2 aromatic heterocycles. The number of nitrogen functional groups attached to an aromatic ring is 1. The fraction of sp³-hybridized carbons (Fsp3) is 0.385. The Morgan fingerprint density at radius 3 is 1.81 bits per heavy atom. The highest BCUT2D eigenvalue weighted by molar-refractivity contribution is 5.88. The molecular weight excluding hydrogens is 352 g/mol. The first-order valence-corrected chi connectivity index (χ1v) is 6.80. The highest BCUT2D eigenvalue weighted by Crippen LogP contribution is 2.11. The number of aromatic nitrogens is 4. The lowest BCUT2D eigenvalue weighted by molar-refractivity contribution is -0.392. The molecule has 13 nitrogen and oxygen atoms in total. The fourth-order valence-corrected chi connectivity index (χ4v) is 1.52. The molecule has 0 unspecified atom stereocenters. The predicted octanol–water partition coefficient (Wildman–Crippen LogP) is -0.488. The van der Waals surface area contributed by atoms with Gasteiger partial charge in [-0.15, -0.1) is 4.68 Å². The van der Waals surface area contributed by atoms with Gasteiger partial charge in [0.2, 0.25) is 0 Å². The van der Waals surface area contributed by atoms with Crippen LogP contribution in [0.4, 0.5) is 11.6 Å². The number of nitro groups is 1. The van der Waals surface area contributed by atoms with Gasteiger partial charge < -0.3 is 30.4 Å². The molecule has 0 radical (unpaired) electrons. The average Bonchev–Trinajstić information content (AvgIpc) is 3.18. The number of nitrogens with two attached hydrogens (primary N) is 1. The highest BCUT2D eigenvalue weighted by atomic mass is 16.6. The molecule has 2 rings (SSSR count). The monoisotopic (exact) mass is 372 g/mol. The summed E-state index contributed by atoms with van der Waals surface area (Å²) in [6, 6.07) is 2.53. The van der Waals surface area contributed by atoms with Crippen molar-refractivity contribution in [2.24, 2.45) is 14.1 Å². The molecule has 0 spiro atoms. The SMILES string of the molecule is CO.COC(=O)c1cc(N)n(C)n1.COC(=O)c1cc([N+](=O)[O-])n(C)n1. The maximum atomic E-state index is 10.9. The Hall–Kier alpha value is -3.48. The Kier molecular flexibility index (Phi) is 9.01. The molecule has 144 valence electrons. The minimum absolute atomic E-state index is 0.0725. The van der Waals surface area contributed by atoms with E-state index in [4.69, 9.17) is 10.8 Å². The van der Waals surface area contributed by atoms with Crippen LogP contribution in [-0.2, 0) is 23.6 Å². The lowest BCUT2D eigenvalue weighted by Gasteiger charge is -1.90. The molecule has 2 aromatic rings. The van der Waals surface area contributed by atoms with Gasteiger partial charge in [0, 0.05) is 20.2 Å². The summed E-state index contributed by atoms with van der Waals surface area (Å²) in [7, 11) is 6.52. The summed E-state index contributed by atoms with van der Waals surface area (Å²) in [4.78, 5) is 31.4. The van der Waals surface area contributed by atoms with E-state index < -0.39 is 16.9 Å². The van der Waals surface area contributed by atoms with Crippen LogP contribution in [0.1, 0.15) is 21.0 Å². The number of methoxy groups -OCH3 is 2. The third kappa shape index (κ3) is 5.86. The van der Waals surface area contributed by atoms with Gasteiger partial charge in [0.1, 0.15) is 12.9 Å². The van der Waals surface area contributed by atoms with Gasteiger partial charge in [0.05, 0.1) is 20.3 Å². The Morgan fingerprint density at radius 2 is 1.50 bits per heavy atom. The third-order valence-electron chi connectivity index (χ3n) is 2.75. The van der Waals surface area contributed by atoms with E-state index in [1.165, 1.54) is 32.0 Å². The predicted molar refractivity (Wildman–Crippen MR) is 88.3 cm³/mol. The summed E-state index contributed by atoms with van der Waals surface area (Å²) < 4.78 is 11.2. The number of ether oxygens (including phenoxy) is 2. The molecule has 0 aromatic carbocycles. The van der Waals surface area contributed by atoms with Crippen LogP contribution in [0.2, 0.25) is 0 Å². The Balaban J connectivity index is 0.000000444. The molecule has 0 saturated heterocycles. The average molecular weight is 372 g/mol.